The molecule has 7 heteroatoms. The van der Waals surface area contributed by atoms with E-state index in [4.69, 9.17) is 4.74 Å². The zero-order valence-electron chi connectivity index (χ0n) is 14.3. The van der Waals surface area contributed by atoms with Crippen molar-refractivity contribution in [1.82, 2.24) is 15.2 Å². The molecular formula is C16H27IN4OS. The molecule has 1 aliphatic heterocycles. The van der Waals surface area contributed by atoms with Gasteiger partial charge in [0.1, 0.15) is 0 Å². The van der Waals surface area contributed by atoms with Crippen LogP contribution in [0.1, 0.15) is 19.4 Å². The number of thioether (sulfide) groups is 1. The van der Waals surface area contributed by atoms with Crippen molar-refractivity contribution in [1.29, 1.82) is 0 Å². The van der Waals surface area contributed by atoms with Gasteiger partial charge in [-0.05, 0) is 11.5 Å². The molecule has 1 N–H and O–H groups in total. The Kier molecular flexibility index (Phi) is 9.04. The zero-order chi connectivity index (χ0) is 15.9. The van der Waals surface area contributed by atoms with Crippen LogP contribution in [-0.2, 0) is 6.54 Å². The average Bonchev–Trinajstić information content (AvgIpc) is 2.56. The number of methoxy groups -OCH3 is 1. The number of aliphatic imine (C=N–C) groups is 1. The first-order chi connectivity index (χ1) is 10.6. The lowest BCUT2D eigenvalue weighted by Crippen LogP contribution is -2.48. The predicted molar refractivity (Wildman–Crippen MR) is 109 cm³/mol. The fourth-order valence-corrected chi connectivity index (χ4v) is 3.72. The first-order valence-corrected chi connectivity index (χ1v) is 8.75. The average molecular weight is 450 g/mol. The van der Waals surface area contributed by atoms with Gasteiger partial charge in [-0.25, -0.2) is 4.98 Å². The van der Waals surface area contributed by atoms with E-state index in [1.54, 1.807) is 7.11 Å². The third kappa shape index (κ3) is 6.02. The van der Waals surface area contributed by atoms with Crippen molar-refractivity contribution in [2.45, 2.75) is 25.6 Å². The Morgan fingerprint density at radius 2 is 2.30 bits per heavy atom. The Balaban J connectivity index is 0.00000264. The largest absolute Gasteiger partial charge is 0.481 e. The van der Waals surface area contributed by atoms with Crippen molar-refractivity contribution in [3.05, 3.63) is 23.9 Å². The third-order valence-corrected chi connectivity index (χ3v) is 5.35. The molecule has 2 rings (SSSR count). The number of hydrogen-bond donors (Lipinski definition) is 1. The minimum Gasteiger partial charge on any atom is -0.481 e. The minimum absolute atomic E-state index is 0. The second kappa shape index (κ2) is 10.2. The van der Waals surface area contributed by atoms with E-state index in [1.807, 2.05) is 25.4 Å². The van der Waals surface area contributed by atoms with Crippen molar-refractivity contribution >= 4 is 41.7 Å². The van der Waals surface area contributed by atoms with Crippen molar-refractivity contribution in [3.8, 4) is 5.88 Å². The monoisotopic (exact) mass is 450 g/mol. The molecular weight excluding hydrogens is 423 g/mol. The maximum absolute atomic E-state index is 5.08. The smallest absolute Gasteiger partial charge is 0.212 e. The summed E-state index contributed by atoms with van der Waals surface area (Å²) in [5.41, 5.74) is 1.12. The summed E-state index contributed by atoms with van der Waals surface area (Å²) in [4.78, 5) is 11.0. The van der Waals surface area contributed by atoms with Gasteiger partial charge in [0.15, 0.2) is 5.96 Å². The molecule has 1 aromatic heterocycles. The molecule has 2 heterocycles. The number of guanidine groups is 1. The van der Waals surface area contributed by atoms with Gasteiger partial charge in [0.25, 0.3) is 0 Å². The summed E-state index contributed by atoms with van der Waals surface area (Å²) >= 11 is 2.07. The summed E-state index contributed by atoms with van der Waals surface area (Å²) in [7, 11) is 3.47. The van der Waals surface area contributed by atoms with Crippen molar-refractivity contribution in [2.75, 3.05) is 33.0 Å². The molecule has 1 unspecified atom stereocenters. The number of ether oxygens (including phenoxy) is 1. The van der Waals surface area contributed by atoms with Gasteiger partial charge in [-0.2, -0.15) is 11.8 Å². The maximum Gasteiger partial charge on any atom is 0.212 e. The highest BCUT2D eigenvalue weighted by Crippen LogP contribution is 2.24. The van der Waals surface area contributed by atoms with Crippen LogP contribution in [0.25, 0.3) is 0 Å². The first kappa shape index (κ1) is 20.3. The van der Waals surface area contributed by atoms with Crippen LogP contribution < -0.4 is 10.1 Å². The molecule has 0 radical (unpaired) electrons. The molecule has 0 aliphatic carbocycles. The molecule has 130 valence electrons. The SMILES string of the molecule is CN=C(NCc1ccc(OC)nc1)N1CCSC(C(C)C)C1.I. The highest BCUT2D eigenvalue weighted by molar-refractivity contribution is 14.0. The lowest BCUT2D eigenvalue weighted by Gasteiger charge is -2.36. The van der Waals surface area contributed by atoms with Gasteiger partial charge < -0.3 is 15.0 Å². The third-order valence-electron chi connectivity index (χ3n) is 3.81. The van der Waals surface area contributed by atoms with Gasteiger partial charge in [-0.3, -0.25) is 4.99 Å². The van der Waals surface area contributed by atoms with E-state index in [1.165, 1.54) is 0 Å². The van der Waals surface area contributed by atoms with Crippen LogP contribution in [0, 0.1) is 5.92 Å². The second-order valence-corrected chi connectivity index (χ2v) is 7.06. The Morgan fingerprint density at radius 1 is 1.52 bits per heavy atom. The lowest BCUT2D eigenvalue weighted by molar-refractivity contribution is 0.380. The van der Waals surface area contributed by atoms with Gasteiger partial charge in [0, 0.05) is 49.9 Å². The van der Waals surface area contributed by atoms with Crippen LogP contribution in [0.3, 0.4) is 0 Å². The highest BCUT2D eigenvalue weighted by Gasteiger charge is 2.24. The summed E-state index contributed by atoms with van der Waals surface area (Å²) in [6.45, 7) is 7.41. The van der Waals surface area contributed by atoms with E-state index in [0.717, 1.165) is 36.9 Å². The van der Waals surface area contributed by atoms with Crippen molar-refractivity contribution in [2.24, 2.45) is 10.9 Å². The Labute approximate surface area is 160 Å². The number of pyridine rings is 1. The normalized spacial score (nSPS) is 18.6. The summed E-state index contributed by atoms with van der Waals surface area (Å²) in [5.74, 6) is 3.47. The summed E-state index contributed by atoms with van der Waals surface area (Å²) < 4.78 is 5.08. The molecule has 1 atom stereocenters. The quantitative estimate of drug-likeness (QED) is 0.435. The van der Waals surface area contributed by atoms with Gasteiger partial charge in [-0.15, -0.1) is 24.0 Å². The lowest BCUT2D eigenvalue weighted by atomic mass is 10.1. The van der Waals surface area contributed by atoms with Crippen LogP contribution in [0.2, 0.25) is 0 Å². The number of nitrogens with zero attached hydrogens (tertiary/aromatic N) is 3. The fraction of sp³-hybridized carbons (Fsp3) is 0.625. The molecule has 0 amide bonds. The number of hydrogen-bond acceptors (Lipinski definition) is 4. The van der Waals surface area contributed by atoms with E-state index in [2.05, 4.69) is 45.8 Å². The number of rotatable bonds is 4. The standard InChI is InChI=1S/C16H26N4OS.HI/c1-12(2)14-11-20(7-8-22-14)16(17-3)19-10-13-5-6-15(21-4)18-9-13;/h5-6,9,12,14H,7-8,10-11H2,1-4H3,(H,17,19);1H. The molecule has 1 aromatic rings. The fourth-order valence-electron chi connectivity index (χ4n) is 2.42. The molecule has 1 aliphatic rings. The molecule has 0 bridgehead atoms. The molecule has 1 fully saturated rings. The molecule has 1 saturated heterocycles. The van der Waals surface area contributed by atoms with Crippen LogP contribution in [0.4, 0.5) is 0 Å². The minimum atomic E-state index is 0. The molecule has 5 nitrogen and oxygen atoms in total. The van der Waals surface area contributed by atoms with E-state index >= 15 is 0 Å². The van der Waals surface area contributed by atoms with Gasteiger partial charge >= 0.3 is 0 Å². The summed E-state index contributed by atoms with van der Waals surface area (Å²) in [6, 6.07) is 3.90. The van der Waals surface area contributed by atoms with E-state index in [9.17, 15) is 0 Å². The first-order valence-electron chi connectivity index (χ1n) is 7.70. The van der Waals surface area contributed by atoms with Crippen LogP contribution in [-0.4, -0.2) is 54.1 Å². The van der Waals surface area contributed by atoms with E-state index in [-0.39, 0.29) is 24.0 Å². The van der Waals surface area contributed by atoms with Crippen LogP contribution >= 0.6 is 35.7 Å². The molecule has 0 spiro atoms. The van der Waals surface area contributed by atoms with Gasteiger partial charge in [0.05, 0.1) is 7.11 Å². The highest BCUT2D eigenvalue weighted by atomic mass is 127. The topological polar surface area (TPSA) is 49.8 Å². The van der Waals surface area contributed by atoms with Crippen LogP contribution in [0.15, 0.2) is 23.3 Å². The Hall–Kier alpha value is -0.700. The predicted octanol–water partition coefficient (Wildman–Crippen LogP) is 2.86. The maximum atomic E-state index is 5.08. The van der Waals surface area contributed by atoms with Gasteiger partial charge in [0.2, 0.25) is 5.88 Å². The Morgan fingerprint density at radius 3 is 2.87 bits per heavy atom. The number of aromatic nitrogens is 1. The van der Waals surface area contributed by atoms with Gasteiger partial charge in [-0.1, -0.05) is 19.9 Å². The summed E-state index contributed by atoms with van der Waals surface area (Å²) in [5, 5.41) is 4.11. The Bertz CT molecular complexity index is 495. The number of halogens is 1. The molecule has 0 saturated carbocycles. The van der Waals surface area contributed by atoms with Crippen molar-refractivity contribution in [3.63, 3.8) is 0 Å². The van der Waals surface area contributed by atoms with E-state index < -0.39 is 0 Å². The summed E-state index contributed by atoms with van der Waals surface area (Å²) in [6.07, 6.45) is 1.84. The van der Waals surface area contributed by atoms with Crippen LogP contribution in [0.5, 0.6) is 5.88 Å². The molecule has 23 heavy (non-hydrogen) atoms. The molecule has 0 aromatic carbocycles. The second-order valence-electron chi connectivity index (χ2n) is 5.71. The zero-order valence-corrected chi connectivity index (χ0v) is 17.4. The number of nitrogens with one attached hydrogen (secondary N) is 1. The van der Waals surface area contributed by atoms with Crippen molar-refractivity contribution < 1.29 is 4.74 Å². The van der Waals surface area contributed by atoms with E-state index in [0.29, 0.717) is 17.0 Å².